The zero-order chi connectivity index (χ0) is 17.1. The van der Waals surface area contributed by atoms with Crippen molar-refractivity contribution in [2.45, 2.75) is 56.1 Å². The second kappa shape index (κ2) is 7.67. The maximum absolute atomic E-state index is 12.6. The number of nitrogens with one attached hydrogen (secondary N) is 1. The van der Waals surface area contributed by atoms with Gasteiger partial charge in [-0.1, -0.05) is 0 Å². The van der Waals surface area contributed by atoms with E-state index in [9.17, 15) is 26.7 Å². The summed E-state index contributed by atoms with van der Waals surface area (Å²) in [4.78, 5) is 2.08. The standard InChI is InChI=1S/C14H25F3N2O3S/c15-14(16,17)11-1-3-13(4-2-11)23(21,22)18-7-10-19-8-5-12(20)6-9-19/h11-13,18,20H,1-10H2. The van der Waals surface area contributed by atoms with E-state index in [4.69, 9.17) is 0 Å². The molecule has 1 aliphatic heterocycles. The maximum Gasteiger partial charge on any atom is 0.391 e. The highest BCUT2D eigenvalue weighted by molar-refractivity contribution is 7.90. The van der Waals surface area contributed by atoms with Gasteiger partial charge in [-0.05, 0) is 38.5 Å². The number of likely N-dealkylation sites (tertiary alicyclic amines) is 1. The number of sulfonamides is 1. The summed E-state index contributed by atoms with van der Waals surface area (Å²) in [6, 6.07) is 0. The van der Waals surface area contributed by atoms with E-state index in [1.807, 2.05) is 0 Å². The zero-order valence-electron chi connectivity index (χ0n) is 13.1. The minimum absolute atomic E-state index is 0.0649. The van der Waals surface area contributed by atoms with Crippen LogP contribution in [-0.4, -0.2) is 62.1 Å². The Labute approximate surface area is 135 Å². The summed E-state index contributed by atoms with van der Waals surface area (Å²) < 4.78 is 64.7. The van der Waals surface area contributed by atoms with E-state index in [-0.39, 0.29) is 38.3 Å². The molecule has 0 amide bonds. The first-order valence-electron chi connectivity index (χ1n) is 8.14. The summed E-state index contributed by atoms with van der Waals surface area (Å²) in [5.74, 6) is -1.37. The lowest BCUT2D eigenvalue weighted by Gasteiger charge is -2.31. The van der Waals surface area contributed by atoms with E-state index >= 15 is 0 Å². The first-order chi connectivity index (χ1) is 10.7. The van der Waals surface area contributed by atoms with Crippen LogP contribution >= 0.6 is 0 Å². The molecule has 0 bridgehead atoms. The van der Waals surface area contributed by atoms with Gasteiger partial charge in [-0.2, -0.15) is 13.2 Å². The number of nitrogens with zero attached hydrogens (tertiary/aromatic N) is 1. The molecular formula is C14H25F3N2O3S. The fourth-order valence-corrected chi connectivity index (χ4v) is 4.81. The van der Waals surface area contributed by atoms with Gasteiger partial charge < -0.3 is 10.0 Å². The van der Waals surface area contributed by atoms with E-state index in [1.165, 1.54) is 0 Å². The predicted octanol–water partition coefficient (Wildman–Crippen LogP) is 1.48. The molecule has 2 aliphatic rings. The lowest BCUT2D eigenvalue weighted by Crippen LogP contribution is -2.44. The lowest BCUT2D eigenvalue weighted by molar-refractivity contribution is -0.181. The number of alkyl halides is 3. The molecule has 2 N–H and O–H groups in total. The van der Waals surface area contributed by atoms with Gasteiger partial charge in [0, 0.05) is 26.2 Å². The molecule has 1 aliphatic carbocycles. The van der Waals surface area contributed by atoms with E-state index in [0.717, 1.165) is 13.1 Å². The molecule has 1 heterocycles. The van der Waals surface area contributed by atoms with Gasteiger partial charge in [-0.3, -0.25) is 0 Å². The van der Waals surface area contributed by atoms with Crippen molar-refractivity contribution in [1.82, 2.24) is 9.62 Å². The van der Waals surface area contributed by atoms with Crippen molar-refractivity contribution in [2.75, 3.05) is 26.2 Å². The molecule has 0 spiro atoms. The van der Waals surface area contributed by atoms with Crippen molar-refractivity contribution in [2.24, 2.45) is 5.92 Å². The number of aliphatic hydroxyl groups is 1. The molecule has 0 aromatic heterocycles. The molecule has 1 saturated heterocycles. The minimum Gasteiger partial charge on any atom is -0.393 e. The number of halogens is 3. The quantitative estimate of drug-likeness (QED) is 0.781. The summed E-state index contributed by atoms with van der Waals surface area (Å²) in [6.07, 6.45) is -3.21. The average Bonchev–Trinajstić information content (AvgIpc) is 2.48. The van der Waals surface area contributed by atoms with Gasteiger partial charge in [-0.25, -0.2) is 13.1 Å². The number of piperidine rings is 1. The highest BCUT2D eigenvalue weighted by atomic mass is 32.2. The molecule has 23 heavy (non-hydrogen) atoms. The first-order valence-corrected chi connectivity index (χ1v) is 9.69. The fourth-order valence-electron chi connectivity index (χ4n) is 3.31. The molecule has 1 saturated carbocycles. The van der Waals surface area contributed by atoms with Crippen LogP contribution in [0.5, 0.6) is 0 Å². The maximum atomic E-state index is 12.6. The van der Waals surface area contributed by atoms with Gasteiger partial charge in [0.05, 0.1) is 17.3 Å². The summed E-state index contributed by atoms with van der Waals surface area (Å²) in [7, 11) is -3.56. The predicted molar refractivity (Wildman–Crippen MR) is 80.4 cm³/mol. The molecule has 136 valence electrons. The van der Waals surface area contributed by atoms with Gasteiger partial charge in [0.2, 0.25) is 10.0 Å². The van der Waals surface area contributed by atoms with Gasteiger partial charge in [0.25, 0.3) is 0 Å². The third-order valence-corrected chi connectivity index (χ3v) is 6.82. The van der Waals surface area contributed by atoms with Crippen LogP contribution in [0.15, 0.2) is 0 Å². The lowest BCUT2D eigenvalue weighted by atomic mass is 9.88. The largest absolute Gasteiger partial charge is 0.393 e. The van der Waals surface area contributed by atoms with E-state index < -0.39 is 27.4 Å². The number of hydrogen-bond donors (Lipinski definition) is 2. The molecule has 2 fully saturated rings. The van der Waals surface area contributed by atoms with Crippen LogP contribution in [0.1, 0.15) is 38.5 Å². The van der Waals surface area contributed by atoms with E-state index in [0.29, 0.717) is 19.4 Å². The normalized spacial score (nSPS) is 28.9. The molecule has 5 nitrogen and oxygen atoms in total. The Kier molecular flexibility index (Phi) is 6.32. The van der Waals surface area contributed by atoms with Crippen LogP contribution in [-0.2, 0) is 10.0 Å². The Hall–Kier alpha value is -0.380. The Morgan fingerprint density at radius 1 is 1.04 bits per heavy atom. The summed E-state index contributed by atoms with van der Waals surface area (Å²) in [5.41, 5.74) is 0. The van der Waals surface area contributed by atoms with Crippen molar-refractivity contribution in [3.8, 4) is 0 Å². The Bertz CT molecular complexity index is 468. The molecular weight excluding hydrogens is 333 g/mol. The third kappa shape index (κ3) is 5.58. The monoisotopic (exact) mass is 358 g/mol. The van der Waals surface area contributed by atoms with E-state index in [2.05, 4.69) is 9.62 Å². The smallest absolute Gasteiger partial charge is 0.391 e. The SMILES string of the molecule is O=S(=O)(NCCN1CCC(O)CC1)C1CCC(C(F)(F)F)CC1. The van der Waals surface area contributed by atoms with Crippen LogP contribution in [0.3, 0.4) is 0 Å². The van der Waals surface area contributed by atoms with Crippen LogP contribution in [0.25, 0.3) is 0 Å². The summed E-state index contributed by atoms with van der Waals surface area (Å²) in [6.45, 7) is 2.29. The van der Waals surface area contributed by atoms with Crippen LogP contribution in [0.2, 0.25) is 0 Å². The van der Waals surface area contributed by atoms with Crippen molar-refractivity contribution in [3.63, 3.8) is 0 Å². The van der Waals surface area contributed by atoms with Crippen LogP contribution < -0.4 is 4.72 Å². The van der Waals surface area contributed by atoms with Crippen molar-refractivity contribution >= 4 is 10.0 Å². The third-order valence-electron chi connectivity index (χ3n) is 4.86. The number of aliphatic hydroxyl groups excluding tert-OH is 1. The molecule has 0 atom stereocenters. The Morgan fingerprint density at radius 2 is 1.61 bits per heavy atom. The second-order valence-electron chi connectivity index (χ2n) is 6.53. The summed E-state index contributed by atoms with van der Waals surface area (Å²) >= 11 is 0. The van der Waals surface area contributed by atoms with Gasteiger partial charge in [0.15, 0.2) is 0 Å². The topological polar surface area (TPSA) is 69.6 Å². The van der Waals surface area contributed by atoms with Gasteiger partial charge in [-0.15, -0.1) is 0 Å². The fraction of sp³-hybridized carbons (Fsp3) is 1.00. The van der Waals surface area contributed by atoms with Crippen molar-refractivity contribution in [1.29, 1.82) is 0 Å². The van der Waals surface area contributed by atoms with Crippen LogP contribution in [0, 0.1) is 5.92 Å². The highest BCUT2D eigenvalue weighted by Crippen LogP contribution is 2.38. The molecule has 2 rings (SSSR count). The first kappa shape index (κ1) is 19.0. The summed E-state index contributed by atoms with van der Waals surface area (Å²) in [5, 5.41) is 8.69. The van der Waals surface area contributed by atoms with Crippen LogP contribution in [0.4, 0.5) is 13.2 Å². The highest BCUT2D eigenvalue weighted by Gasteiger charge is 2.43. The van der Waals surface area contributed by atoms with Gasteiger partial charge in [0.1, 0.15) is 0 Å². The number of rotatable bonds is 5. The molecule has 0 aromatic carbocycles. The average molecular weight is 358 g/mol. The second-order valence-corrected chi connectivity index (χ2v) is 8.57. The van der Waals surface area contributed by atoms with Crippen molar-refractivity contribution in [3.05, 3.63) is 0 Å². The zero-order valence-corrected chi connectivity index (χ0v) is 13.9. The minimum atomic E-state index is -4.22. The molecule has 0 unspecified atom stereocenters. The molecule has 0 aromatic rings. The van der Waals surface area contributed by atoms with E-state index in [1.54, 1.807) is 0 Å². The van der Waals surface area contributed by atoms with Gasteiger partial charge >= 0.3 is 6.18 Å². The number of hydrogen-bond acceptors (Lipinski definition) is 4. The van der Waals surface area contributed by atoms with Crippen molar-refractivity contribution < 1.29 is 26.7 Å². The Morgan fingerprint density at radius 3 is 2.13 bits per heavy atom. The Balaban J connectivity index is 1.72. The molecule has 0 radical (unpaired) electrons. The molecule has 9 heteroatoms.